The van der Waals surface area contributed by atoms with Crippen LogP contribution < -0.4 is 25.6 Å². The number of anilines is 1. The van der Waals surface area contributed by atoms with Crippen LogP contribution in [0.5, 0.6) is 11.5 Å². The number of rotatable bonds is 4. The van der Waals surface area contributed by atoms with Crippen LogP contribution in [0.1, 0.15) is 24.4 Å². The van der Waals surface area contributed by atoms with Crippen molar-refractivity contribution >= 4 is 5.82 Å². The zero-order chi connectivity index (χ0) is 16.4. The first-order chi connectivity index (χ1) is 11.1. The van der Waals surface area contributed by atoms with Gasteiger partial charge in [0, 0.05) is 18.2 Å². The topological polar surface area (TPSA) is 87.4 Å². The number of hydrogen-bond donors (Lipinski definition) is 2. The molecular weight excluding hydrogens is 298 g/mol. The smallest absolute Gasteiger partial charge is 0.327 e. The SMILES string of the molecule is COc1ccc(OC)c([C@H]2CCCN2c2cc(=O)[nH]c(=O)[nH]2)c1. The number of methoxy groups -OCH3 is 2. The lowest BCUT2D eigenvalue weighted by molar-refractivity contribution is 0.395. The van der Waals surface area contributed by atoms with E-state index < -0.39 is 11.2 Å². The summed E-state index contributed by atoms with van der Waals surface area (Å²) in [5.41, 5.74) is 0.0632. The fourth-order valence-corrected chi connectivity index (χ4v) is 3.09. The van der Waals surface area contributed by atoms with Crippen LogP contribution >= 0.6 is 0 Å². The van der Waals surface area contributed by atoms with E-state index in [4.69, 9.17) is 9.47 Å². The van der Waals surface area contributed by atoms with E-state index in [0.29, 0.717) is 5.82 Å². The van der Waals surface area contributed by atoms with Crippen LogP contribution in [-0.2, 0) is 0 Å². The van der Waals surface area contributed by atoms with Gasteiger partial charge in [0.25, 0.3) is 5.56 Å². The summed E-state index contributed by atoms with van der Waals surface area (Å²) in [6.45, 7) is 0.754. The number of hydrogen-bond acceptors (Lipinski definition) is 5. The van der Waals surface area contributed by atoms with Crippen LogP contribution in [0.15, 0.2) is 33.9 Å². The first kappa shape index (κ1) is 15.2. The summed E-state index contributed by atoms with van der Waals surface area (Å²) in [7, 11) is 3.24. The van der Waals surface area contributed by atoms with E-state index >= 15 is 0 Å². The molecule has 2 N–H and O–H groups in total. The molecule has 122 valence electrons. The molecule has 0 radical (unpaired) electrons. The average molecular weight is 317 g/mol. The molecule has 3 rings (SSSR count). The zero-order valence-corrected chi connectivity index (χ0v) is 13.1. The summed E-state index contributed by atoms with van der Waals surface area (Å²) in [5, 5.41) is 0. The monoisotopic (exact) mass is 317 g/mol. The maximum Gasteiger partial charge on any atom is 0.327 e. The second kappa shape index (κ2) is 6.20. The molecular formula is C16H19N3O4. The number of aromatic amines is 2. The molecule has 2 aromatic rings. The minimum Gasteiger partial charge on any atom is -0.497 e. The number of aromatic nitrogens is 2. The van der Waals surface area contributed by atoms with Crippen LogP contribution in [0.25, 0.3) is 0 Å². The van der Waals surface area contributed by atoms with Crippen molar-refractivity contribution in [1.29, 1.82) is 0 Å². The predicted octanol–water partition coefficient (Wildman–Crippen LogP) is 1.42. The van der Waals surface area contributed by atoms with Crippen LogP contribution in [0, 0.1) is 0 Å². The van der Waals surface area contributed by atoms with Crippen molar-refractivity contribution in [2.45, 2.75) is 18.9 Å². The van der Waals surface area contributed by atoms with Crippen molar-refractivity contribution in [1.82, 2.24) is 9.97 Å². The molecule has 1 atom stereocenters. The van der Waals surface area contributed by atoms with Gasteiger partial charge in [-0.05, 0) is 31.0 Å². The number of nitrogens with one attached hydrogen (secondary N) is 2. The Labute approximate surface area is 132 Å². The van der Waals surface area contributed by atoms with Crippen molar-refractivity contribution in [2.24, 2.45) is 0 Å². The minimum atomic E-state index is -0.504. The molecule has 0 amide bonds. The summed E-state index contributed by atoms with van der Waals surface area (Å²) in [6, 6.07) is 7.07. The van der Waals surface area contributed by atoms with Gasteiger partial charge in [-0.25, -0.2) is 4.79 Å². The molecule has 1 aromatic carbocycles. The summed E-state index contributed by atoms with van der Waals surface area (Å²) < 4.78 is 10.8. The Morgan fingerprint density at radius 2 is 1.96 bits per heavy atom. The van der Waals surface area contributed by atoms with E-state index in [1.54, 1.807) is 14.2 Å². The highest BCUT2D eigenvalue weighted by Gasteiger charge is 2.29. The maximum absolute atomic E-state index is 11.6. The van der Waals surface area contributed by atoms with Crippen molar-refractivity contribution in [2.75, 3.05) is 25.7 Å². The summed E-state index contributed by atoms with van der Waals surface area (Å²) in [5.74, 6) is 2.02. The van der Waals surface area contributed by atoms with Gasteiger partial charge in [-0.1, -0.05) is 0 Å². The Balaban J connectivity index is 2.05. The average Bonchev–Trinajstić information content (AvgIpc) is 3.02. The highest BCUT2D eigenvalue weighted by molar-refractivity contribution is 5.49. The predicted molar refractivity (Wildman–Crippen MR) is 86.6 cm³/mol. The first-order valence-corrected chi connectivity index (χ1v) is 7.44. The molecule has 0 spiro atoms. The van der Waals surface area contributed by atoms with Gasteiger partial charge in [-0.2, -0.15) is 0 Å². The lowest BCUT2D eigenvalue weighted by atomic mass is 10.0. The number of H-pyrrole nitrogens is 2. The van der Waals surface area contributed by atoms with Crippen molar-refractivity contribution in [3.63, 3.8) is 0 Å². The Hall–Kier alpha value is -2.70. The normalized spacial score (nSPS) is 17.3. The second-order valence-corrected chi connectivity index (χ2v) is 5.43. The summed E-state index contributed by atoms with van der Waals surface area (Å²) >= 11 is 0. The van der Waals surface area contributed by atoms with Crippen LogP contribution in [0.2, 0.25) is 0 Å². The minimum absolute atomic E-state index is 0.0116. The van der Waals surface area contributed by atoms with Crippen molar-refractivity contribution in [3.05, 3.63) is 50.7 Å². The Bertz CT molecular complexity index is 783. The maximum atomic E-state index is 11.6. The molecule has 7 nitrogen and oxygen atoms in total. The Kier molecular flexibility index (Phi) is 4.10. The number of nitrogens with zero attached hydrogens (tertiary/aromatic N) is 1. The fraction of sp³-hybridized carbons (Fsp3) is 0.375. The Morgan fingerprint density at radius 1 is 1.13 bits per heavy atom. The standard InChI is InChI=1S/C16H19N3O4/c1-22-10-5-6-13(23-2)11(8-10)12-4-3-7-19(12)14-9-15(20)18-16(21)17-14/h5-6,8-9,12H,3-4,7H2,1-2H3,(H2,17,18,20,21)/t12-/m1/s1. The van der Waals surface area contributed by atoms with E-state index in [-0.39, 0.29) is 6.04 Å². The van der Waals surface area contributed by atoms with E-state index in [9.17, 15) is 9.59 Å². The van der Waals surface area contributed by atoms with E-state index in [0.717, 1.165) is 36.4 Å². The second-order valence-electron chi connectivity index (χ2n) is 5.43. The highest BCUT2D eigenvalue weighted by Crippen LogP contribution is 2.40. The molecule has 1 aromatic heterocycles. The third-order valence-corrected chi connectivity index (χ3v) is 4.10. The number of ether oxygens (including phenoxy) is 2. The molecule has 0 aliphatic carbocycles. The van der Waals surface area contributed by atoms with E-state index in [1.165, 1.54) is 6.07 Å². The summed E-state index contributed by atoms with van der Waals surface area (Å²) in [6.07, 6.45) is 1.86. The van der Waals surface area contributed by atoms with Gasteiger partial charge in [0.05, 0.1) is 20.3 Å². The lowest BCUT2D eigenvalue weighted by Crippen LogP contribution is -2.30. The molecule has 2 heterocycles. The van der Waals surface area contributed by atoms with E-state index in [2.05, 4.69) is 9.97 Å². The first-order valence-electron chi connectivity index (χ1n) is 7.44. The van der Waals surface area contributed by atoms with Gasteiger partial charge >= 0.3 is 5.69 Å². The molecule has 1 fully saturated rings. The van der Waals surface area contributed by atoms with Gasteiger partial charge in [0.15, 0.2) is 0 Å². The largest absolute Gasteiger partial charge is 0.497 e. The Morgan fingerprint density at radius 3 is 2.65 bits per heavy atom. The molecule has 1 saturated heterocycles. The third kappa shape index (κ3) is 2.94. The van der Waals surface area contributed by atoms with E-state index in [1.807, 2.05) is 23.1 Å². The number of benzene rings is 1. The molecule has 23 heavy (non-hydrogen) atoms. The molecule has 0 bridgehead atoms. The molecule has 0 saturated carbocycles. The highest BCUT2D eigenvalue weighted by atomic mass is 16.5. The zero-order valence-electron chi connectivity index (χ0n) is 13.1. The third-order valence-electron chi connectivity index (χ3n) is 4.10. The summed E-state index contributed by atoms with van der Waals surface area (Å²) in [4.78, 5) is 30.1. The van der Waals surface area contributed by atoms with Crippen LogP contribution in [0.4, 0.5) is 5.82 Å². The van der Waals surface area contributed by atoms with Crippen molar-refractivity contribution in [3.8, 4) is 11.5 Å². The molecule has 7 heteroatoms. The molecule has 1 aliphatic heterocycles. The van der Waals surface area contributed by atoms with Gasteiger partial charge in [-0.3, -0.25) is 14.8 Å². The van der Waals surface area contributed by atoms with Gasteiger partial charge in [0.2, 0.25) is 0 Å². The quantitative estimate of drug-likeness (QED) is 0.890. The fourth-order valence-electron chi connectivity index (χ4n) is 3.09. The molecule has 1 aliphatic rings. The van der Waals surface area contributed by atoms with Gasteiger partial charge < -0.3 is 14.4 Å². The van der Waals surface area contributed by atoms with Gasteiger partial charge in [-0.15, -0.1) is 0 Å². The van der Waals surface area contributed by atoms with Crippen LogP contribution in [-0.4, -0.2) is 30.7 Å². The van der Waals surface area contributed by atoms with Crippen molar-refractivity contribution < 1.29 is 9.47 Å². The van der Waals surface area contributed by atoms with Gasteiger partial charge in [0.1, 0.15) is 17.3 Å². The lowest BCUT2D eigenvalue weighted by Gasteiger charge is -2.27. The molecule has 0 unspecified atom stereocenters. The van der Waals surface area contributed by atoms with Crippen LogP contribution in [0.3, 0.4) is 0 Å².